The molecule has 1 aliphatic heterocycles. The van der Waals surface area contributed by atoms with E-state index >= 15 is 0 Å². The van der Waals surface area contributed by atoms with Crippen molar-refractivity contribution < 1.29 is 29.0 Å². The fourth-order valence-electron chi connectivity index (χ4n) is 4.83. The molecule has 3 N–H and O–H groups in total. The quantitative estimate of drug-likeness (QED) is 0.245. The molecular weight excluding hydrogens is 554 g/mol. The van der Waals surface area contributed by atoms with Gasteiger partial charge in [-0.25, -0.2) is 0 Å². The zero-order valence-electron chi connectivity index (χ0n) is 23.8. The van der Waals surface area contributed by atoms with Crippen LogP contribution in [0, 0.1) is 13.8 Å². The van der Waals surface area contributed by atoms with Crippen LogP contribution in [0.1, 0.15) is 39.5 Å². The lowest BCUT2D eigenvalue weighted by Crippen LogP contribution is -2.56. The van der Waals surface area contributed by atoms with Crippen molar-refractivity contribution in [3.05, 3.63) is 101 Å². The minimum atomic E-state index is -1.61. The first-order chi connectivity index (χ1) is 20.1. The summed E-state index contributed by atoms with van der Waals surface area (Å²) < 4.78 is 5.21. The number of hydrogen-bond donors (Lipinski definition) is 3. The van der Waals surface area contributed by atoms with E-state index < -0.39 is 36.0 Å². The molecule has 0 aliphatic carbocycles. The molecule has 3 amide bonds. The van der Waals surface area contributed by atoms with Gasteiger partial charge >= 0.3 is 5.97 Å². The van der Waals surface area contributed by atoms with Crippen LogP contribution >= 0.6 is 11.8 Å². The van der Waals surface area contributed by atoms with E-state index in [9.17, 15) is 24.3 Å². The van der Waals surface area contributed by atoms with Crippen molar-refractivity contribution in [3.8, 4) is 5.75 Å². The number of amides is 3. The number of hydrogen-bond acceptors (Lipinski definition) is 7. The first-order valence-corrected chi connectivity index (χ1v) is 14.8. The van der Waals surface area contributed by atoms with Crippen LogP contribution in [-0.2, 0) is 27.3 Å². The minimum absolute atomic E-state index is 0.174. The Labute approximate surface area is 249 Å². The largest absolute Gasteiger partial charge is 0.426 e. The van der Waals surface area contributed by atoms with Gasteiger partial charge in [0.25, 0.3) is 11.8 Å². The number of aliphatic hydroxyl groups is 1. The number of benzene rings is 3. The normalized spacial score (nSPS) is 15.9. The van der Waals surface area contributed by atoms with Crippen LogP contribution in [0.4, 0.5) is 0 Å². The van der Waals surface area contributed by atoms with Crippen molar-refractivity contribution >= 4 is 35.5 Å². The van der Waals surface area contributed by atoms with Gasteiger partial charge < -0.3 is 25.4 Å². The molecule has 0 radical (unpaired) electrons. The molecule has 3 aromatic rings. The van der Waals surface area contributed by atoms with Crippen LogP contribution in [0.15, 0.2) is 72.8 Å². The number of esters is 1. The molecule has 10 heteroatoms. The minimum Gasteiger partial charge on any atom is -0.426 e. The summed E-state index contributed by atoms with van der Waals surface area (Å²) in [5.74, 6) is -1.09. The Morgan fingerprint density at radius 2 is 1.71 bits per heavy atom. The van der Waals surface area contributed by atoms with E-state index in [0.717, 1.165) is 16.7 Å². The van der Waals surface area contributed by atoms with Gasteiger partial charge in [-0.15, -0.1) is 11.8 Å². The second-order valence-corrected chi connectivity index (χ2v) is 11.3. The van der Waals surface area contributed by atoms with Gasteiger partial charge in [-0.3, -0.25) is 19.2 Å². The molecular formula is C32H35N3O6S. The highest BCUT2D eigenvalue weighted by Crippen LogP contribution is 2.25. The van der Waals surface area contributed by atoms with Gasteiger partial charge in [0.1, 0.15) is 11.8 Å². The van der Waals surface area contributed by atoms with Gasteiger partial charge in [-0.05, 0) is 43.5 Å². The summed E-state index contributed by atoms with van der Waals surface area (Å²) in [4.78, 5) is 53.0. The molecule has 0 spiro atoms. The van der Waals surface area contributed by atoms with Gasteiger partial charge in [0.2, 0.25) is 5.91 Å². The molecule has 0 saturated carbocycles. The number of rotatable bonds is 10. The monoisotopic (exact) mass is 589 g/mol. The van der Waals surface area contributed by atoms with Crippen molar-refractivity contribution in [2.45, 2.75) is 51.9 Å². The number of carbonyl (C=O) groups is 4. The lowest BCUT2D eigenvalue weighted by molar-refractivity contribution is -0.146. The Hall–Kier alpha value is -4.15. The lowest BCUT2D eigenvalue weighted by atomic mass is 9.98. The van der Waals surface area contributed by atoms with Gasteiger partial charge in [-0.1, -0.05) is 66.2 Å². The average Bonchev–Trinajstić information content (AvgIpc) is 3.46. The van der Waals surface area contributed by atoms with Crippen molar-refractivity contribution in [1.82, 2.24) is 15.5 Å². The molecule has 0 bridgehead atoms. The Bertz CT molecular complexity index is 1450. The Morgan fingerprint density at radius 3 is 2.43 bits per heavy atom. The maximum Gasteiger partial charge on any atom is 0.308 e. The van der Waals surface area contributed by atoms with Crippen LogP contribution in [0.25, 0.3) is 0 Å². The maximum absolute atomic E-state index is 13.6. The molecule has 9 nitrogen and oxygen atoms in total. The summed E-state index contributed by atoms with van der Waals surface area (Å²) in [5, 5.41) is 17.1. The SMILES string of the molecule is CC(=O)Oc1cccc(C(=O)N[C@@H](Cc2ccccc2)[C@H](O)C(=O)N2CSC[C@H]2C(=O)NCc2cccc(C)c2)c1C. The number of nitrogens with one attached hydrogen (secondary N) is 2. The fraction of sp³-hybridized carbons (Fsp3) is 0.312. The van der Waals surface area contributed by atoms with Crippen LogP contribution in [-0.4, -0.2) is 63.5 Å². The van der Waals surface area contributed by atoms with E-state index in [1.54, 1.807) is 25.1 Å². The summed E-state index contributed by atoms with van der Waals surface area (Å²) in [6.45, 7) is 5.23. The first kappa shape index (κ1) is 30.8. The molecule has 0 aromatic heterocycles. The summed E-state index contributed by atoms with van der Waals surface area (Å²) >= 11 is 1.43. The highest BCUT2D eigenvalue weighted by atomic mass is 32.2. The number of carbonyl (C=O) groups excluding carboxylic acids is 4. The van der Waals surface area contributed by atoms with Gasteiger partial charge in [0.05, 0.1) is 11.9 Å². The Balaban J connectivity index is 1.51. The number of aliphatic hydroxyl groups excluding tert-OH is 1. The Kier molecular flexibility index (Phi) is 10.4. The summed E-state index contributed by atoms with van der Waals surface area (Å²) in [6.07, 6.45) is -1.44. The van der Waals surface area contributed by atoms with E-state index in [-0.39, 0.29) is 29.5 Å². The van der Waals surface area contributed by atoms with E-state index in [0.29, 0.717) is 17.9 Å². The fourth-order valence-corrected chi connectivity index (χ4v) is 5.99. The predicted octanol–water partition coefficient (Wildman–Crippen LogP) is 3.15. The third-order valence-corrected chi connectivity index (χ3v) is 8.06. The molecule has 220 valence electrons. The molecule has 1 fully saturated rings. The van der Waals surface area contributed by atoms with E-state index in [1.807, 2.05) is 61.5 Å². The first-order valence-electron chi connectivity index (χ1n) is 13.7. The highest BCUT2D eigenvalue weighted by Gasteiger charge is 2.40. The molecule has 1 saturated heterocycles. The molecule has 4 rings (SSSR count). The molecule has 3 aromatic carbocycles. The summed E-state index contributed by atoms with van der Waals surface area (Å²) in [6, 6.07) is 20.0. The van der Waals surface area contributed by atoms with Crippen molar-refractivity contribution in [3.63, 3.8) is 0 Å². The van der Waals surface area contributed by atoms with Crippen LogP contribution in [0.2, 0.25) is 0 Å². The molecule has 1 heterocycles. The van der Waals surface area contributed by atoms with Gasteiger partial charge in [-0.2, -0.15) is 0 Å². The van der Waals surface area contributed by atoms with Crippen molar-refractivity contribution in [1.29, 1.82) is 0 Å². The average molecular weight is 590 g/mol. The summed E-state index contributed by atoms with van der Waals surface area (Å²) in [7, 11) is 0. The predicted molar refractivity (Wildman–Crippen MR) is 161 cm³/mol. The van der Waals surface area contributed by atoms with E-state index in [2.05, 4.69) is 10.6 Å². The second kappa shape index (κ2) is 14.2. The van der Waals surface area contributed by atoms with Crippen molar-refractivity contribution in [2.24, 2.45) is 0 Å². The van der Waals surface area contributed by atoms with Crippen LogP contribution in [0.3, 0.4) is 0 Å². The second-order valence-electron chi connectivity index (χ2n) is 10.3. The third kappa shape index (κ3) is 7.77. The zero-order valence-corrected chi connectivity index (χ0v) is 24.6. The molecule has 3 atom stereocenters. The van der Waals surface area contributed by atoms with Crippen LogP contribution in [0.5, 0.6) is 5.75 Å². The molecule has 0 unspecified atom stereocenters. The van der Waals surface area contributed by atoms with Crippen molar-refractivity contribution in [2.75, 3.05) is 11.6 Å². The standard InChI is InChI=1S/C32H35N3O6S/c1-20-9-7-12-24(15-20)17-33-31(39)27-18-42-19-35(27)32(40)29(37)26(16-23-10-5-4-6-11-23)34-30(38)25-13-8-14-28(21(25)2)41-22(3)36/h4-15,26-27,29,37H,16-19H2,1-3H3,(H,33,39)(H,34,38)/t26-,27-,29-/m0/s1. The topological polar surface area (TPSA) is 125 Å². The van der Waals surface area contributed by atoms with E-state index in [4.69, 9.17) is 4.74 Å². The number of aryl methyl sites for hydroxylation is 1. The Morgan fingerprint density at radius 1 is 1.00 bits per heavy atom. The lowest BCUT2D eigenvalue weighted by Gasteiger charge is -2.30. The van der Waals surface area contributed by atoms with Gasteiger partial charge in [0, 0.05) is 30.3 Å². The van der Waals surface area contributed by atoms with Crippen LogP contribution < -0.4 is 15.4 Å². The van der Waals surface area contributed by atoms with E-state index in [1.165, 1.54) is 23.6 Å². The van der Waals surface area contributed by atoms with Gasteiger partial charge in [0.15, 0.2) is 6.10 Å². The summed E-state index contributed by atoms with van der Waals surface area (Å²) in [5.41, 5.74) is 3.54. The molecule has 42 heavy (non-hydrogen) atoms. The number of thioether (sulfide) groups is 1. The number of nitrogens with zero attached hydrogens (tertiary/aromatic N) is 1. The smallest absolute Gasteiger partial charge is 0.308 e. The third-order valence-electron chi connectivity index (χ3n) is 7.05. The molecule has 1 aliphatic rings. The highest BCUT2D eigenvalue weighted by molar-refractivity contribution is 7.99. The maximum atomic E-state index is 13.6. The number of ether oxygens (including phenoxy) is 1. The zero-order chi connectivity index (χ0) is 30.2.